The molecule has 2 aliphatic rings. The fourth-order valence-electron chi connectivity index (χ4n) is 3.91. The predicted molar refractivity (Wildman–Crippen MR) is 88.3 cm³/mol. The topological polar surface area (TPSA) is 32.5 Å². The first-order chi connectivity index (χ1) is 10.4. The van der Waals surface area contributed by atoms with E-state index in [1.165, 1.54) is 63.0 Å². The van der Waals surface area contributed by atoms with Crippen LogP contribution in [0.25, 0.3) is 0 Å². The molecule has 3 rings (SSSR count). The maximum absolute atomic E-state index is 5.73. The lowest BCUT2D eigenvalue weighted by molar-refractivity contribution is 0.0935. The maximum atomic E-state index is 5.73. The van der Waals surface area contributed by atoms with E-state index in [0.29, 0.717) is 0 Å². The zero-order valence-electron chi connectivity index (χ0n) is 13.1. The van der Waals surface area contributed by atoms with Crippen LogP contribution >= 0.6 is 0 Å². The number of piperazine rings is 1. The molecule has 0 aromatic heterocycles. The Balaban J connectivity index is 1.53. The SMILES string of the molecule is NCCc1ccccc1CN1CCN(C2CCCC2)CC1. The molecular weight excluding hydrogens is 258 g/mol. The van der Waals surface area contributed by atoms with E-state index < -0.39 is 0 Å². The number of benzene rings is 1. The number of hydrogen-bond donors (Lipinski definition) is 1. The lowest BCUT2D eigenvalue weighted by Gasteiger charge is -2.38. The highest BCUT2D eigenvalue weighted by molar-refractivity contribution is 5.27. The van der Waals surface area contributed by atoms with Crippen LogP contribution in [-0.4, -0.2) is 48.6 Å². The third-order valence-corrected chi connectivity index (χ3v) is 5.17. The number of rotatable bonds is 5. The van der Waals surface area contributed by atoms with Gasteiger partial charge in [-0.2, -0.15) is 0 Å². The van der Waals surface area contributed by atoms with Gasteiger partial charge in [0.15, 0.2) is 0 Å². The quantitative estimate of drug-likeness (QED) is 0.901. The minimum Gasteiger partial charge on any atom is -0.330 e. The Bertz CT molecular complexity index is 432. The predicted octanol–water partition coefficient (Wildman–Crippen LogP) is 2.25. The second-order valence-electron chi connectivity index (χ2n) is 6.56. The molecule has 2 fully saturated rings. The van der Waals surface area contributed by atoms with Gasteiger partial charge < -0.3 is 5.73 Å². The van der Waals surface area contributed by atoms with Crippen molar-refractivity contribution in [2.24, 2.45) is 5.73 Å². The molecule has 0 bridgehead atoms. The van der Waals surface area contributed by atoms with E-state index in [1.807, 2.05) is 0 Å². The molecule has 1 aromatic carbocycles. The van der Waals surface area contributed by atoms with Gasteiger partial charge in [0.1, 0.15) is 0 Å². The summed E-state index contributed by atoms with van der Waals surface area (Å²) in [5, 5.41) is 0. The van der Waals surface area contributed by atoms with Crippen LogP contribution < -0.4 is 5.73 Å². The Labute approximate surface area is 129 Å². The Morgan fingerprint density at radius 3 is 2.29 bits per heavy atom. The molecule has 116 valence electrons. The lowest BCUT2D eigenvalue weighted by Crippen LogP contribution is -2.49. The summed E-state index contributed by atoms with van der Waals surface area (Å²) in [6.45, 7) is 6.77. The smallest absolute Gasteiger partial charge is 0.0237 e. The molecule has 1 saturated carbocycles. The van der Waals surface area contributed by atoms with Crippen LogP contribution in [0.3, 0.4) is 0 Å². The molecule has 1 saturated heterocycles. The van der Waals surface area contributed by atoms with Crippen molar-refractivity contribution in [3.8, 4) is 0 Å². The van der Waals surface area contributed by atoms with Crippen LogP contribution in [0.15, 0.2) is 24.3 Å². The molecule has 1 aliphatic heterocycles. The second kappa shape index (κ2) is 7.39. The monoisotopic (exact) mass is 287 g/mol. The molecule has 3 nitrogen and oxygen atoms in total. The van der Waals surface area contributed by atoms with Gasteiger partial charge >= 0.3 is 0 Å². The average Bonchev–Trinajstić information content (AvgIpc) is 3.05. The van der Waals surface area contributed by atoms with E-state index in [4.69, 9.17) is 5.73 Å². The van der Waals surface area contributed by atoms with E-state index in [9.17, 15) is 0 Å². The van der Waals surface area contributed by atoms with Crippen molar-refractivity contribution in [2.45, 2.75) is 44.7 Å². The molecular formula is C18H29N3. The largest absolute Gasteiger partial charge is 0.330 e. The summed E-state index contributed by atoms with van der Waals surface area (Å²) in [7, 11) is 0. The van der Waals surface area contributed by atoms with Crippen molar-refractivity contribution in [1.82, 2.24) is 9.80 Å². The van der Waals surface area contributed by atoms with Crippen molar-refractivity contribution in [1.29, 1.82) is 0 Å². The summed E-state index contributed by atoms with van der Waals surface area (Å²) in [5.74, 6) is 0. The number of nitrogens with zero attached hydrogens (tertiary/aromatic N) is 2. The fraction of sp³-hybridized carbons (Fsp3) is 0.667. The van der Waals surface area contributed by atoms with Gasteiger partial charge in [-0.1, -0.05) is 37.1 Å². The van der Waals surface area contributed by atoms with Gasteiger partial charge in [0.2, 0.25) is 0 Å². The number of nitrogens with two attached hydrogens (primary N) is 1. The highest BCUT2D eigenvalue weighted by atomic mass is 15.3. The first kappa shape index (κ1) is 15.0. The van der Waals surface area contributed by atoms with Gasteiger partial charge in [0.05, 0.1) is 0 Å². The van der Waals surface area contributed by atoms with Gasteiger partial charge in [-0.05, 0) is 36.9 Å². The van der Waals surface area contributed by atoms with Crippen molar-refractivity contribution < 1.29 is 0 Å². The van der Waals surface area contributed by atoms with E-state index in [0.717, 1.165) is 25.6 Å². The van der Waals surface area contributed by atoms with Crippen molar-refractivity contribution in [3.63, 3.8) is 0 Å². The van der Waals surface area contributed by atoms with E-state index in [2.05, 4.69) is 34.1 Å². The molecule has 1 aliphatic carbocycles. The summed E-state index contributed by atoms with van der Waals surface area (Å²) in [6.07, 6.45) is 6.74. The molecule has 1 heterocycles. The van der Waals surface area contributed by atoms with Crippen LogP contribution in [0.5, 0.6) is 0 Å². The van der Waals surface area contributed by atoms with Crippen LogP contribution in [0.1, 0.15) is 36.8 Å². The minimum absolute atomic E-state index is 0.743. The zero-order chi connectivity index (χ0) is 14.5. The standard InChI is InChI=1S/C18H29N3/c19-10-9-16-5-1-2-6-17(16)15-20-11-13-21(14-12-20)18-7-3-4-8-18/h1-2,5-6,18H,3-4,7-15,19H2. The van der Waals surface area contributed by atoms with Gasteiger partial charge in [-0.3, -0.25) is 9.80 Å². The summed E-state index contributed by atoms with van der Waals surface area (Å²) in [5.41, 5.74) is 8.63. The van der Waals surface area contributed by atoms with Crippen molar-refractivity contribution in [2.75, 3.05) is 32.7 Å². The average molecular weight is 287 g/mol. The Kier molecular flexibility index (Phi) is 5.28. The molecule has 2 N–H and O–H groups in total. The third kappa shape index (κ3) is 3.85. The molecule has 0 radical (unpaired) electrons. The summed E-state index contributed by atoms with van der Waals surface area (Å²) >= 11 is 0. The molecule has 0 spiro atoms. The molecule has 0 atom stereocenters. The zero-order valence-corrected chi connectivity index (χ0v) is 13.1. The number of hydrogen-bond acceptors (Lipinski definition) is 3. The minimum atomic E-state index is 0.743. The van der Waals surface area contributed by atoms with E-state index in [1.54, 1.807) is 0 Å². The highest BCUT2D eigenvalue weighted by Crippen LogP contribution is 2.24. The lowest BCUT2D eigenvalue weighted by atomic mass is 10.0. The molecule has 21 heavy (non-hydrogen) atoms. The van der Waals surface area contributed by atoms with Crippen LogP contribution in [0.2, 0.25) is 0 Å². The first-order valence-electron chi connectivity index (χ1n) is 8.60. The molecule has 1 aromatic rings. The normalized spacial score (nSPS) is 22.0. The van der Waals surface area contributed by atoms with Crippen LogP contribution in [0.4, 0.5) is 0 Å². The third-order valence-electron chi connectivity index (χ3n) is 5.17. The second-order valence-corrected chi connectivity index (χ2v) is 6.56. The van der Waals surface area contributed by atoms with Crippen molar-refractivity contribution in [3.05, 3.63) is 35.4 Å². The molecule has 0 amide bonds. The van der Waals surface area contributed by atoms with Crippen LogP contribution in [0, 0.1) is 0 Å². The Morgan fingerprint density at radius 1 is 0.952 bits per heavy atom. The van der Waals surface area contributed by atoms with Gasteiger partial charge in [0.25, 0.3) is 0 Å². The maximum Gasteiger partial charge on any atom is 0.0237 e. The van der Waals surface area contributed by atoms with Crippen LogP contribution in [-0.2, 0) is 13.0 Å². The van der Waals surface area contributed by atoms with Crippen molar-refractivity contribution >= 4 is 0 Å². The molecule has 3 heteroatoms. The first-order valence-corrected chi connectivity index (χ1v) is 8.60. The summed E-state index contributed by atoms with van der Waals surface area (Å²) in [4.78, 5) is 5.34. The summed E-state index contributed by atoms with van der Waals surface area (Å²) < 4.78 is 0. The Hall–Kier alpha value is -0.900. The summed E-state index contributed by atoms with van der Waals surface area (Å²) in [6, 6.07) is 9.68. The van der Waals surface area contributed by atoms with E-state index in [-0.39, 0.29) is 0 Å². The fourth-order valence-corrected chi connectivity index (χ4v) is 3.91. The highest BCUT2D eigenvalue weighted by Gasteiger charge is 2.26. The van der Waals surface area contributed by atoms with Gasteiger partial charge in [-0.25, -0.2) is 0 Å². The molecule has 0 unspecified atom stereocenters. The van der Waals surface area contributed by atoms with E-state index >= 15 is 0 Å². The van der Waals surface area contributed by atoms with Gasteiger partial charge in [0, 0.05) is 38.8 Å². The van der Waals surface area contributed by atoms with Gasteiger partial charge in [-0.15, -0.1) is 0 Å². The Morgan fingerprint density at radius 2 is 1.62 bits per heavy atom.